The van der Waals surface area contributed by atoms with Crippen LogP contribution in [0, 0.1) is 15.9 Å². The van der Waals surface area contributed by atoms with Crippen molar-refractivity contribution in [3.05, 3.63) is 88.7 Å². The third kappa shape index (κ3) is 4.20. The number of nitro benzene ring substituents is 1. The molecule has 162 valence electrons. The van der Waals surface area contributed by atoms with E-state index >= 15 is 0 Å². The van der Waals surface area contributed by atoms with Crippen LogP contribution in [0.2, 0.25) is 0 Å². The summed E-state index contributed by atoms with van der Waals surface area (Å²) < 4.78 is 71.7. The average Bonchev–Trinajstić information content (AvgIpc) is 2.74. The lowest BCUT2D eigenvalue weighted by atomic mass is 10.3. The topological polar surface area (TPSA) is 124 Å². The first-order valence-corrected chi connectivity index (χ1v) is 11.4. The number of ether oxygens (including phenoxy) is 1. The van der Waals surface area contributed by atoms with Gasteiger partial charge in [-0.3, -0.25) is 10.1 Å². The molecular formula is C19H15FN2O7S2. The van der Waals surface area contributed by atoms with Crippen molar-refractivity contribution in [2.75, 3.05) is 10.8 Å². The van der Waals surface area contributed by atoms with E-state index in [2.05, 4.69) is 0 Å². The monoisotopic (exact) mass is 466 g/mol. The molecule has 0 atom stereocenters. The van der Waals surface area contributed by atoms with Gasteiger partial charge >= 0.3 is 5.69 Å². The van der Waals surface area contributed by atoms with Gasteiger partial charge in [0.25, 0.3) is 20.0 Å². The van der Waals surface area contributed by atoms with Gasteiger partial charge in [0.2, 0.25) is 0 Å². The smallest absolute Gasteiger partial charge is 0.312 e. The Labute approximate surface area is 177 Å². The lowest BCUT2D eigenvalue weighted by molar-refractivity contribution is -0.386. The van der Waals surface area contributed by atoms with Crippen molar-refractivity contribution in [1.82, 2.24) is 0 Å². The molecular weight excluding hydrogens is 451 g/mol. The van der Waals surface area contributed by atoms with E-state index in [0.29, 0.717) is 6.07 Å². The first kappa shape index (κ1) is 22.2. The molecule has 0 heterocycles. The molecule has 0 N–H and O–H groups in total. The highest BCUT2D eigenvalue weighted by molar-refractivity contribution is 8.10. The van der Waals surface area contributed by atoms with Gasteiger partial charge in [-0.05, 0) is 48.5 Å². The summed E-state index contributed by atoms with van der Waals surface area (Å²) in [5, 5.41) is 11.3. The number of para-hydroxylation sites is 1. The Morgan fingerprint density at radius 1 is 0.871 bits per heavy atom. The number of methoxy groups -OCH3 is 1. The summed E-state index contributed by atoms with van der Waals surface area (Å²) in [4.78, 5) is 9.34. The van der Waals surface area contributed by atoms with Crippen LogP contribution in [0.3, 0.4) is 0 Å². The fourth-order valence-electron chi connectivity index (χ4n) is 2.73. The molecule has 0 aliphatic heterocycles. The van der Waals surface area contributed by atoms with Crippen molar-refractivity contribution in [1.29, 1.82) is 0 Å². The number of sulfonamides is 2. The maximum atomic E-state index is 13.4. The molecule has 9 nitrogen and oxygen atoms in total. The molecule has 0 aliphatic carbocycles. The lowest BCUT2D eigenvalue weighted by Gasteiger charge is -2.24. The van der Waals surface area contributed by atoms with Crippen LogP contribution < -0.4 is 8.45 Å². The van der Waals surface area contributed by atoms with Gasteiger partial charge in [0.05, 0.1) is 27.5 Å². The Hall–Kier alpha value is -3.51. The van der Waals surface area contributed by atoms with Gasteiger partial charge in [-0.2, -0.15) is 3.71 Å². The van der Waals surface area contributed by atoms with E-state index in [4.69, 9.17) is 4.74 Å². The standard InChI is InChI=1S/C19H15FN2O7S2/c1-29-19-12-11-17(13-18(19)21(23)24)31(27,28)22(15-5-3-2-4-6-15)30(25,26)16-9-7-14(20)8-10-16/h2-13H,1H3. The molecule has 0 unspecified atom stereocenters. The molecule has 3 aromatic carbocycles. The van der Waals surface area contributed by atoms with Gasteiger partial charge in [0, 0.05) is 6.07 Å². The molecule has 0 radical (unpaired) electrons. The molecule has 12 heteroatoms. The summed E-state index contributed by atoms with van der Waals surface area (Å²) in [5.41, 5.74) is -0.888. The maximum absolute atomic E-state index is 13.4. The average molecular weight is 466 g/mol. The minimum atomic E-state index is -4.86. The number of nitrogens with zero attached hydrogens (tertiary/aromatic N) is 2. The highest BCUT2D eigenvalue weighted by Crippen LogP contribution is 2.34. The Kier molecular flexibility index (Phi) is 5.95. The molecule has 3 rings (SSSR count). The Morgan fingerprint density at radius 3 is 1.97 bits per heavy atom. The number of rotatable bonds is 7. The summed E-state index contributed by atoms with van der Waals surface area (Å²) >= 11 is 0. The Balaban J connectivity index is 2.27. The third-order valence-electron chi connectivity index (χ3n) is 4.16. The van der Waals surface area contributed by atoms with Crippen molar-refractivity contribution < 1.29 is 30.9 Å². The minimum Gasteiger partial charge on any atom is -0.490 e. The number of anilines is 1. The molecule has 0 fully saturated rings. The van der Waals surface area contributed by atoms with Crippen molar-refractivity contribution in [3.63, 3.8) is 0 Å². The minimum absolute atomic E-state index is 0.152. The Bertz CT molecular complexity index is 1330. The SMILES string of the molecule is COc1ccc(S(=O)(=O)N(c2ccccc2)S(=O)(=O)c2ccc(F)cc2)cc1[N+](=O)[O-]. The molecule has 0 aliphatic rings. The number of benzene rings is 3. The molecule has 0 saturated carbocycles. The zero-order chi connectivity index (χ0) is 22.8. The fourth-order valence-corrected chi connectivity index (χ4v) is 6.44. The van der Waals surface area contributed by atoms with Crippen LogP contribution >= 0.6 is 0 Å². The summed E-state index contributed by atoms with van der Waals surface area (Å²) in [6.07, 6.45) is 0. The normalized spacial score (nSPS) is 11.7. The van der Waals surface area contributed by atoms with Crippen molar-refractivity contribution >= 4 is 31.4 Å². The van der Waals surface area contributed by atoms with Gasteiger partial charge in [-0.15, -0.1) is 0 Å². The number of halogens is 1. The molecule has 0 amide bonds. The predicted octanol–water partition coefficient (Wildman–Crippen LogP) is 3.33. The largest absolute Gasteiger partial charge is 0.490 e. The van der Waals surface area contributed by atoms with E-state index in [0.717, 1.165) is 36.4 Å². The molecule has 0 aromatic heterocycles. The van der Waals surface area contributed by atoms with Crippen molar-refractivity contribution in [2.45, 2.75) is 9.79 Å². The van der Waals surface area contributed by atoms with E-state index in [1.165, 1.54) is 31.4 Å². The number of hydrogen-bond donors (Lipinski definition) is 0. The van der Waals surface area contributed by atoms with Gasteiger partial charge in [-0.1, -0.05) is 18.2 Å². The predicted molar refractivity (Wildman–Crippen MR) is 109 cm³/mol. The van der Waals surface area contributed by atoms with Gasteiger partial charge in [-0.25, -0.2) is 21.2 Å². The lowest BCUT2D eigenvalue weighted by Crippen LogP contribution is -2.37. The molecule has 0 saturated heterocycles. The van der Waals surface area contributed by atoms with Crippen molar-refractivity contribution in [3.8, 4) is 5.75 Å². The first-order chi connectivity index (χ1) is 14.6. The van der Waals surface area contributed by atoms with Crippen LogP contribution in [-0.2, 0) is 20.0 Å². The molecule has 0 spiro atoms. The molecule has 31 heavy (non-hydrogen) atoms. The van der Waals surface area contributed by atoms with Gasteiger partial charge < -0.3 is 4.74 Å². The van der Waals surface area contributed by atoms with E-state index in [-0.39, 0.29) is 15.1 Å². The van der Waals surface area contributed by atoms with Crippen LogP contribution in [-0.4, -0.2) is 28.9 Å². The van der Waals surface area contributed by atoms with Crippen LogP contribution in [0.25, 0.3) is 0 Å². The van der Waals surface area contributed by atoms with E-state index < -0.39 is 46.3 Å². The van der Waals surface area contributed by atoms with Gasteiger partial charge in [0.1, 0.15) is 5.82 Å². The maximum Gasteiger partial charge on any atom is 0.312 e. The summed E-state index contributed by atoms with van der Waals surface area (Å²) in [7, 11) is -8.43. The van der Waals surface area contributed by atoms with Gasteiger partial charge in [0.15, 0.2) is 5.75 Å². The molecule has 0 bridgehead atoms. The highest BCUT2D eigenvalue weighted by atomic mass is 32.3. The number of hydrogen-bond acceptors (Lipinski definition) is 7. The van der Waals surface area contributed by atoms with Crippen LogP contribution in [0.4, 0.5) is 15.8 Å². The fraction of sp³-hybridized carbons (Fsp3) is 0.0526. The van der Waals surface area contributed by atoms with Crippen LogP contribution in [0.1, 0.15) is 0 Å². The summed E-state index contributed by atoms with van der Waals surface area (Å²) in [6.45, 7) is 0. The summed E-state index contributed by atoms with van der Waals surface area (Å²) in [6, 6.07) is 13.3. The third-order valence-corrected chi connectivity index (χ3v) is 8.35. The van der Waals surface area contributed by atoms with Crippen LogP contribution in [0.15, 0.2) is 82.6 Å². The summed E-state index contributed by atoms with van der Waals surface area (Å²) in [5.74, 6) is -0.907. The van der Waals surface area contributed by atoms with E-state index in [1.54, 1.807) is 6.07 Å². The molecule has 3 aromatic rings. The zero-order valence-electron chi connectivity index (χ0n) is 15.9. The van der Waals surface area contributed by atoms with E-state index in [1.807, 2.05) is 0 Å². The zero-order valence-corrected chi connectivity index (χ0v) is 17.5. The quantitative estimate of drug-likeness (QED) is 0.386. The second-order valence-corrected chi connectivity index (χ2v) is 9.89. The highest BCUT2D eigenvalue weighted by Gasteiger charge is 2.38. The van der Waals surface area contributed by atoms with E-state index in [9.17, 15) is 31.3 Å². The van der Waals surface area contributed by atoms with Crippen LogP contribution in [0.5, 0.6) is 5.75 Å². The van der Waals surface area contributed by atoms with Crippen molar-refractivity contribution in [2.24, 2.45) is 0 Å². The second-order valence-electron chi connectivity index (χ2n) is 6.09. The second kappa shape index (κ2) is 8.32. The number of nitro groups is 1. The Morgan fingerprint density at radius 2 is 1.42 bits per heavy atom. The first-order valence-electron chi connectivity index (χ1n) is 8.52.